The Morgan fingerprint density at radius 2 is 2.20 bits per heavy atom. The molecule has 0 aliphatic heterocycles. The van der Waals surface area contributed by atoms with Gasteiger partial charge in [0, 0.05) is 19.2 Å². The number of ketones is 1. The molecule has 0 aromatic carbocycles. The third-order valence-corrected chi connectivity index (χ3v) is 4.45. The highest BCUT2D eigenvalue weighted by Crippen LogP contribution is 2.36. The van der Waals surface area contributed by atoms with E-state index in [1.54, 1.807) is 18.0 Å². The third-order valence-electron chi connectivity index (χ3n) is 4.45. The Balaban J connectivity index is 2.06. The zero-order valence-corrected chi connectivity index (χ0v) is 12.8. The lowest BCUT2D eigenvalue weighted by atomic mass is 9.71. The highest BCUT2D eigenvalue weighted by molar-refractivity contribution is 5.97. The summed E-state index contributed by atoms with van der Waals surface area (Å²) in [4.78, 5) is 12.7. The fourth-order valence-electron chi connectivity index (χ4n) is 3.30. The number of carbonyl (C=O) groups excluding carboxylic acids is 1. The Bertz CT molecular complexity index is 439. The molecule has 1 heterocycles. The lowest BCUT2D eigenvalue weighted by Gasteiger charge is -2.33. The summed E-state index contributed by atoms with van der Waals surface area (Å²) >= 11 is 0. The Labute approximate surface area is 121 Å². The highest BCUT2D eigenvalue weighted by Gasteiger charge is 2.33. The van der Waals surface area contributed by atoms with Crippen LogP contribution >= 0.6 is 0 Å². The summed E-state index contributed by atoms with van der Waals surface area (Å²) in [5.41, 5.74) is 0.763. The van der Waals surface area contributed by atoms with Crippen LogP contribution in [0.3, 0.4) is 0 Å². The molecule has 0 amide bonds. The largest absolute Gasteiger partial charge is 0.383 e. The molecule has 20 heavy (non-hydrogen) atoms. The van der Waals surface area contributed by atoms with Crippen molar-refractivity contribution in [3.8, 4) is 0 Å². The molecular formula is C16H26N2O2. The van der Waals surface area contributed by atoms with E-state index >= 15 is 0 Å². The standard InChI is InChI=1S/C16H26N2O2/c1-12(2)14-6-4-5-7-15(14)16(19)13-10-17-18(11-13)8-9-20-3/h10-12,14-15H,4-9H2,1-3H3. The van der Waals surface area contributed by atoms with Gasteiger partial charge in [0.2, 0.25) is 0 Å². The smallest absolute Gasteiger partial charge is 0.169 e. The first-order valence-corrected chi connectivity index (χ1v) is 7.69. The molecule has 1 aliphatic rings. The Kier molecular flexibility index (Phi) is 5.35. The van der Waals surface area contributed by atoms with Crippen LogP contribution in [0.15, 0.2) is 12.4 Å². The Morgan fingerprint density at radius 3 is 2.90 bits per heavy atom. The molecule has 1 fully saturated rings. The van der Waals surface area contributed by atoms with Crippen LogP contribution in [0.25, 0.3) is 0 Å². The second-order valence-corrected chi connectivity index (χ2v) is 6.15. The summed E-state index contributed by atoms with van der Waals surface area (Å²) in [6.07, 6.45) is 8.24. The molecule has 1 aromatic rings. The zero-order chi connectivity index (χ0) is 14.5. The van der Waals surface area contributed by atoms with Crippen molar-refractivity contribution in [1.29, 1.82) is 0 Å². The van der Waals surface area contributed by atoms with Gasteiger partial charge < -0.3 is 4.74 Å². The van der Waals surface area contributed by atoms with Gasteiger partial charge in [0.1, 0.15) is 0 Å². The normalized spacial score (nSPS) is 23.2. The molecule has 2 unspecified atom stereocenters. The summed E-state index contributed by atoms with van der Waals surface area (Å²) in [5.74, 6) is 1.57. The minimum absolute atomic E-state index is 0.184. The second kappa shape index (κ2) is 7.02. The number of rotatable bonds is 6. The van der Waals surface area contributed by atoms with Crippen LogP contribution in [0, 0.1) is 17.8 Å². The molecule has 2 rings (SSSR count). The van der Waals surface area contributed by atoms with Gasteiger partial charge in [0.25, 0.3) is 0 Å². The van der Waals surface area contributed by atoms with Crippen molar-refractivity contribution in [1.82, 2.24) is 9.78 Å². The number of ether oxygens (including phenoxy) is 1. The molecule has 4 heteroatoms. The van der Waals surface area contributed by atoms with Gasteiger partial charge in [0.05, 0.1) is 24.9 Å². The molecule has 0 bridgehead atoms. The number of hydrogen-bond acceptors (Lipinski definition) is 3. The van der Waals surface area contributed by atoms with E-state index in [2.05, 4.69) is 18.9 Å². The summed E-state index contributed by atoms with van der Waals surface area (Å²) < 4.78 is 6.83. The molecule has 0 saturated heterocycles. The van der Waals surface area contributed by atoms with Gasteiger partial charge in [-0.3, -0.25) is 9.48 Å². The lowest BCUT2D eigenvalue weighted by Crippen LogP contribution is -2.30. The summed E-state index contributed by atoms with van der Waals surface area (Å²) in [6.45, 7) is 5.78. The van der Waals surface area contributed by atoms with Crippen molar-refractivity contribution in [2.75, 3.05) is 13.7 Å². The van der Waals surface area contributed by atoms with Gasteiger partial charge in [-0.2, -0.15) is 5.10 Å². The van der Waals surface area contributed by atoms with E-state index in [1.807, 2.05) is 6.20 Å². The molecule has 2 atom stereocenters. The van der Waals surface area contributed by atoms with Gasteiger partial charge >= 0.3 is 0 Å². The number of aromatic nitrogens is 2. The average molecular weight is 278 g/mol. The monoisotopic (exact) mass is 278 g/mol. The van der Waals surface area contributed by atoms with Crippen LogP contribution in [0.4, 0.5) is 0 Å². The predicted octanol–water partition coefficient (Wildman–Crippen LogP) is 3.17. The Morgan fingerprint density at radius 1 is 1.45 bits per heavy atom. The summed E-state index contributed by atoms with van der Waals surface area (Å²) in [6, 6.07) is 0. The van der Waals surface area contributed by atoms with Crippen molar-refractivity contribution in [2.45, 2.75) is 46.1 Å². The first-order valence-electron chi connectivity index (χ1n) is 7.69. The Hall–Kier alpha value is -1.16. The maximum Gasteiger partial charge on any atom is 0.169 e. The van der Waals surface area contributed by atoms with Crippen LogP contribution in [-0.4, -0.2) is 29.3 Å². The van der Waals surface area contributed by atoms with E-state index < -0.39 is 0 Å². The van der Waals surface area contributed by atoms with Crippen LogP contribution in [-0.2, 0) is 11.3 Å². The molecule has 1 aromatic heterocycles. The van der Waals surface area contributed by atoms with Gasteiger partial charge in [-0.25, -0.2) is 0 Å². The lowest BCUT2D eigenvalue weighted by molar-refractivity contribution is 0.0776. The molecule has 0 spiro atoms. The van der Waals surface area contributed by atoms with Gasteiger partial charge in [-0.15, -0.1) is 0 Å². The van der Waals surface area contributed by atoms with E-state index in [0.717, 1.165) is 12.0 Å². The predicted molar refractivity (Wildman–Crippen MR) is 78.7 cm³/mol. The molecule has 0 radical (unpaired) electrons. The second-order valence-electron chi connectivity index (χ2n) is 6.15. The van der Waals surface area contributed by atoms with Crippen molar-refractivity contribution in [3.05, 3.63) is 18.0 Å². The zero-order valence-electron chi connectivity index (χ0n) is 12.8. The molecule has 4 nitrogen and oxygen atoms in total. The van der Waals surface area contributed by atoms with E-state index in [1.165, 1.54) is 19.3 Å². The number of methoxy groups -OCH3 is 1. The molecular weight excluding hydrogens is 252 g/mol. The van der Waals surface area contributed by atoms with Crippen LogP contribution in [0.2, 0.25) is 0 Å². The quantitative estimate of drug-likeness (QED) is 0.751. The van der Waals surface area contributed by atoms with Crippen molar-refractivity contribution < 1.29 is 9.53 Å². The minimum Gasteiger partial charge on any atom is -0.383 e. The van der Waals surface area contributed by atoms with Crippen LogP contribution < -0.4 is 0 Å². The van der Waals surface area contributed by atoms with Crippen LogP contribution in [0.1, 0.15) is 49.9 Å². The van der Waals surface area contributed by atoms with Crippen molar-refractivity contribution in [3.63, 3.8) is 0 Å². The summed E-state index contributed by atoms with van der Waals surface area (Å²) in [7, 11) is 1.67. The van der Waals surface area contributed by atoms with Crippen molar-refractivity contribution in [2.24, 2.45) is 17.8 Å². The van der Waals surface area contributed by atoms with Crippen LogP contribution in [0.5, 0.6) is 0 Å². The third kappa shape index (κ3) is 3.48. The number of nitrogens with zero attached hydrogens (tertiary/aromatic N) is 2. The first-order chi connectivity index (χ1) is 9.63. The molecule has 0 N–H and O–H groups in total. The highest BCUT2D eigenvalue weighted by atomic mass is 16.5. The fourth-order valence-corrected chi connectivity index (χ4v) is 3.30. The maximum absolute atomic E-state index is 12.7. The van der Waals surface area contributed by atoms with Gasteiger partial charge in [-0.1, -0.05) is 26.7 Å². The molecule has 1 aliphatic carbocycles. The number of Topliss-reactive ketones (excluding diaryl/α,β-unsaturated/α-hetero) is 1. The fraction of sp³-hybridized carbons (Fsp3) is 0.750. The number of hydrogen-bond donors (Lipinski definition) is 0. The summed E-state index contributed by atoms with van der Waals surface area (Å²) in [5, 5.41) is 4.26. The van der Waals surface area contributed by atoms with Gasteiger partial charge in [-0.05, 0) is 24.7 Å². The molecule has 1 saturated carbocycles. The van der Waals surface area contributed by atoms with Gasteiger partial charge in [0.15, 0.2) is 5.78 Å². The maximum atomic E-state index is 12.7. The molecule has 112 valence electrons. The first kappa shape index (κ1) is 15.2. The average Bonchev–Trinajstić information content (AvgIpc) is 2.93. The minimum atomic E-state index is 0.184. The van der Waals surface area contributed by atoms with E-state index in [-0.39, 0.29) is 11.7 Å². The topological polar surface area (TPSA) is 44.1 Å². The SMILES string of the molecule is COCCn1cc(C(=O)C2CCCCC2C(C)C)cn1. The van der Waals surface area contributed by atoms with E-state index in [4.69, 9.17) is 4.74 Å². The number of carbonyl (C=O) groups is 1. The van der Waals surface area contributed by atoms with E-state index in [0.29, 0.717) is 25.0 Å². The van der Waals surface area contributed by atoms with E-state index in [9.17, 15) is 4.79 Å². The van der Waals surface area contributed by atoms with Crippen molar-refractivity contribution >= 4 is 5.78 Å².